The largest absolute Gasteiger partial charge is 0.308 e. The van der Waals surface area contributed by atoms with Crippen LogP contribution < -0.4 is 5.32 Å². The van der Waals surface area contributed by atoms with Gasteiger partial charge in [-0.15, -0.1) is 0 Å². The summed E-state index contributed by atoms with van der Waals surface area (Å²) in [6, 6.07) is 0.523. The summed E-state index contributed by atoms with van der Waals surface area (Å²) < 4.78 is 23.2. The Balaban J connectivity index is 1.62. The zero-order valence-electron chi connectivity index (χ0n) is 12.1. The van der Waals surface area contributed by atoms with Crippen LogP contribution in [0, 0.1) is 11.8 Å². The minimum atomic E-state index is -2.74. The Hall–Kier alpha value is -0.130. The second-order valence-corrected chi connectivity index (χ2v) is 9.35. The highest BCUT2D eigenvalue weighted by molar-refractivity contribution is 7.91. The highest BCUT2D eigenvalue weighted by Crippen LogP contribution is 2.41. The molecule has 3 rings (SSSR count). The molecule has 0 amide bonds. The van der Waals surface area contributed by atoms with Crippen molar-refractivity contribution in [3.63, 3.8) is 0 Å². The fraction of sp³-hybridized carbons (Fsp3) is 1.00. The van der Waals surface area contributed by atoms with Gasteiger partial charge in [-0.25, -0.2) is 8.42 Å². The van der Waals surface area contributed by atoms with Crippen LogP contribution in [0.2, 0.25) is 0 Å². The van der Waals surface area contributed by atoms with E-state index in [1.807, 2.05) is 0 Å². The normalized spacial score (nSPS) is 43.5. The van der Waals surface area contributed by atoms with Gasteiger partial charge in [0, 0.05) is 31.2 Å². The summed E-state index contributed by atoms with van der Waals surface area (Å²) in [6.07, 6.45) is 3.56. The average Bonchev–Trinajstić information content (AvgIpc) is 3.11. The van der Waals surface area contributed by atoms with Gasteiger partial charge >= 0.3 is 0 Å². The molecular weight excluding hydrogens is 260 g/mol. The van der Waals surface area contributed by atoms with E-state index in [-0.39, 0.29) is 5.54 Å². The standard InChI is InChI=1S/C14H26N2O2S/c1-11-7-15-14(2,13-3-4-13)10-16(11)8-12-5-6-19(17,18)9-12/h11-13,15H,3-10H2,1-2H3. The van der Waals surface area contributed by atoms with Gasteiger partial charge in [-0.3, -0.25) is 4.90 Å². The lowest BCUT2D eigenvalue weighted by molar-refractivity contribution is 0.0721. The molecule has 1 N–H and O–H groups in total. The number of nitrogens with zero attached hydrogens (tertiary/aromatic N) is 1. The first-order chi connectivity index (χ1) is 8.88. The molecule has 2 aliphatic heterocycles. The number of nitrogens with one attached hydrogen (secondary N) is 1. The van der Waals surface area contributed by atoms with Crippen molar-refractivity contribution >= 4 is 9.84 Å². The van der Waals surface area contributed by atoms with Crippen molar-refractivity contribution < 1.29 is 8.42 Å². The topological polar surface area (TPSA) is 49.4 Å². The van der Waals surface area contributed by atoms with E-state index in [0.29, 0.717) is 23.5 Å². The summed E-state index contributed by atoms with van der Waals surface area (Å²) in [5.41, 5.74) is 0.254. The van der Waals surface area contributed by atoms with E-state index in [4.69, 9.17) is 0 Å². The van der Waals surface area contributed by atoms with E-state index in [0.717, 1.165) is 32.0 Å². The van der Waals surface area contributed by atoms with Gasteiger partial charge in [0.1, 0.15) is 0 Å². The lowest BCUT2D eigenvalue weighted by Gasteiger charge is -2.46. The fourth-order valence-electron chi connectivity index (χ4n) is 3.73. The number of sulfone groups is 1. The quantitative estimate of drug-likeness (QED) is 0.837. The molecular formula is C14H26N2O2S. The second kappa shape index (κ2) is 4.71. The summed E-state index contributed by atoms with van der Waals surface area (Å²) in [6.45, 7) is 7.67. The highest BCUT2D eigenvalue weighted by Gasteiger charge is 2.45. The highest BCUT2D eigenvalue weighted by atomic mass is 32.2. The molecule has 110 valence electrons. The first kappa shape index (κ1) is 13.8. The molecule has 0 bridgehead atoms. The summed E-state index contributed by atoms with van der Waals surface area (Å²) in [5, 5.41) is 3.72. The van der Waals surface area contributed by atoms with Crippen LogP contribution in [-0.2, 0) is 9.84 Å². The Kier molecular flexibility index (Phi) is 3.43. The molecule has 2 heterocycles. The molecule has 3 fully saturated rings. The van der Waals surface area contributed by atoms with E-state index in [1.165, 1.54) is 12.8 Å². The van der Waals surface area contributed by atoms with Crippen LogP contribution in [0.4, 0.5) is 0 Å². The number of hydrogen-bond donors (Lipinski definition) is 1. The molecule has 3 atom stereocenters. The number of hydrogen-bond acceptors (Lipinski definition) is 4. The van der Waals surface area contributed by atoms with Crippen molar-refractivity contribution in [1.82, 2.24) is 10.2 Å². The third kappa shape index (κ3) is 2.98. The Morgan fingerprint density at radius 1 is 1.32 bits per heavy atom. The maximum atomic E-state index is 11.6. The van der Waals surface area contributed by atoms with Crippen molar-refractivity contribution in [3.05, 3.63) is 0 Å². The van der Waals surface area contributed by atoms with Gasteiger partial charge in [0.2, 0.25) is 0 Å². The molecule has 19 heavy (non-hydrogen) atoms. The SMILES string of the molecule is CC1CNC(C)(C2CC2)CN1CC1CCS(=O)(=O)C1. The molecule has 0 aromatic heterocycles. The third-order valence-electron chi connectivity index (χ3n) is 5.25. The Morgan fingerprint density at radius 3 is 2.63 bits per heavy atom. The average molecular weight is 286 g/mol. The molecule has 0 spiro atoms. The van der Waals surface area contributed by atoms with Crippen molar-refractivity contribution in [3.8, 4) is 0 Å². The van der Waals surface area contributed by atoms with Crippen molar-refractivity contribution in [2.45, 2.75) is 44.7 Å². The zero-order chi connectivity index (χ0) is 13.7. The van der Waals surface area contributed by atoms with Crippen LogP contribution in [-0.4, -0.2) is 56.0 Å². The van der Waals surface area contributed by atoms with Gasteiger partial charge in [0.15, 0.2) is 9.84 Å². The minimum absolute atomic E-state index is 0.254. The van der Waals surface area contributed by atoms with Gasteiger partial charge in [0.05, 0.1) is 11.5 Å². The molecule has 3 unspecified atom stereocenters. The number of piperazine rings is 1. The van der Waals surface area contributed by atoms with Crippen LogP contribution in [0.5, 0.6) is 0 Å². The predicted molar refractivity (Wildman–Crippen MR) is 76.9 cm³/mol. The predicted octanol–water partition coefficient (Wildman–Crippen LogP) is 0.884. The first-order valence-electron chi connectivity index (χ1n) is 7.57. The lowest BCUT2D eigenvalue weighted by atomic mass is 9.90. The molecule has 4 nitrogen and oxygen atoms in total. The summed E-state index contributed by atoms with van der Waals surface area (Å²) in [4.78, 5) is 2.53. The van der Waals surface area contributed by atoms with Crippen LogP contribution in [0.15, 0.2) is 0 Å². The van der Waals surface area contributed by atoms with E-state index >= 15 is 0 Å². The fourth-order valence-corrected chi connectivity index (χ4v) is 5.58. The molecule has 0 aromatic rings. The van der Waals surface area contributed by atoms with Crippen molar-refractivity contribution in [2.24, 2.45) is 11.8 Å². The van der Waals surface area contributed by atoms with E-state index < -0.39 is 9.84 Å². The van der Waals surface area contributed by atoms with Crippen LogP contribution >= 0.6 is 0 Å². The number of rotatable bonds is 3. The van der Waals surface area contributed by atoms with E-state index in [9.17, 15) is 8.42 Å². The van der Waals surface area contributed by atoms with Crippen LogP contribution in [0.1, 0.15) is 33.1 Å². The maximum Gasteiger partial charge on any atom is 0.150 e. The van der Waals surface area contributed by atoms with Gasteiger partial charge in [-0.05, 0) is 44.9 Å². The maximum absolute atomic E-state index is 11.6. The van der Waals surface area contributed by atoms with Crippen LogP contribution in [0.3, 0.4) is 0 Å². The van der Waals surface area contributed by atoms with Crippen molar-refractivity contribution in [2.75, 3.05) is 31.1 Å². The molecule has 1 aliphatic carbocycles. The Labute approximate surface area is 116 Å². The molecule has 5 heteroatoms. The molecule has 3 aliphatic rings. The molecule has 2 saturated heterocycles. The summed E-state index contributed by atoms with van der Waals surface area (Å²) in [7, 11) is -2.74. The van der Waals surface area contributed by atoms with Crippen molar-refractivity contribution in [1.29, 1.82) is 0 Å². The minimum Gasteiger partial charge on any atom is -0.308 e. The van der Waals surface area contributed by atoms with Gasteiger partial charge < -0.3 is 5.32 Å². The van der Waals surface area contributed by atoms with E-state index in [1.54, 1.807) is 0 Å². The molecule has 0 radical (unpaired) electrons. The van der Waals surface area contributed by atoms with Gasteiger partial charge in [0.25, 0.3) is 0 Å². The second-order valence-electron chi connectivity index (χ2n) is 7.12. The molecule has 0 aromatic carbocycles. The Morgan fingerprint density at radius 2 is 2.05 bits per heavy atom. The van der Waals surface area contributed by atoms with Gasteiger partial charge in [-0.1, -0.05) is 0 Å². The third-order valence-corrected chi connectivity index (χ3v) is 7.09. The van der Waals surface area contributed by atoms with Gasteiger partial charge in [-0.2, -0.15) is 0 Å². The monoisotopic (exact) mass is 286 g/mol. The van der Waals surface area contributed by atoms with Crippen LogP contribution in [0.25, 0.3) is 0 Å². The summed E-state index contributed by atoms with van der Waals surface area (Å²) in [5.74, 6) is 1.99. The Bertz CT molecular complexity index is 446. The zero-order valence-corrected chi connectivity index (χ0v) is 12.9. The summed E-state index contributed by atoms with van der Waals surface area (Å²) >= 11 is 0. The first-order valence-corrected chi connectivity index (χ1v) is 9.40. The lowest BCUT2D eigenvalue weighted by Crippen LogP contribution is -2.63. The van der Waals surface area contributed by atoms with E-state index in [2.05, 4.69) is 24.1 Å². The molecule has 1 saturated carbocycles. The smallest absolute Gasteiger partial charge is 0.150 e.